The Hall–Kier alpha value is -2.11. The van der Waals surface area contributed by atoms with Crippen LogP contribution in [-0.2, 0) is 9.53 Å². The molecule has 1 aromatic carbocycles. The lowest BCUT2D eigenvalue weighted by molar-refractivity contribution is -0.141. The number of nitrogens with zero attached hydrogens (tertiary/aromatic N) is 2. The molecule has 3 rings (SSSR count). The molecule has 19 heavy (non-hydrogen) atoms. The Bertz CT molecular complexity index is 625. The number of imidazole rings is 1. The minimum atomic E-state index is -0.311. The number of aromatic nitrogens is 2. The number of anilines is 1. The number of benzene rings is 1. The summed E-state index contributed by atoms with van der Waals surface area (Å²) in [5.41, 5.74) is 1.32. The number of methoxy groups -OCH3 is 1. The Kier molecular flexibility index (Phi) is 2.85. The van der Waals surface area contributed by atoms with Crippen LogP contribution in [0, 0.1) is 5.82 Å². The van der Waals surface area contributed by atoms with Crippen LogP contribution in [0.1, 0.15) is 12.8 Å². The van der Waals surface area contributed by atoms with E-state index in [4.69, 9.17) is 4.74 Å². The van der Waals surface area contributed by atoms with Crippen molar-refractivity contribution in [2.45, 2.75) is 18.9 Å². The molecule has 0 amide bonds. The number of carbonyl (C=O) groups is 1. The van der Waals surface area contributed by atoms with Crippen molar-refractivity contribution < 1.29 is 13.9 Å². The predicted molar refractivity (Wildman–Crippen MR) is 68.4 cm³/mol. The van der Waals surface area contributed by atoms with Gasteiger partial charge < -0.3 is 14.6 Å². The Balaban J connectivity index is 1.97. The normalized spacial score (nSPS) is 19.1. The second-order valence-electron chi connectivity index (χ2n) is 4.60. The first-order valence-electron chi connectivity index (χ1n) is 6.19. The van der Waals surface area contributed by atoms with E-state index in [2.05, 4.69) is 9.97 Å². The van der Waals surface area contributed by atoms with Crippen LogP contribution in [0.5, 0.6) is 0 Å². The van der Waals surface area contributed by atoms with Crippen LogP contribution in [0.15, 0.2) is 18.2 Å². The van der Waals surface area contributed by atoms with E-state index in [-0.39, 0.29) is 17.8 Å². The molecular formula is C13H14FN3O2. The van der Waals surface area contributed by atoms with Crippen molar-refractivity contribution in [2.24, 2.45) is 0 Å². The van der Waals surface area contributed by atoms with Crippen LogP contribution in [0.25, 0.3) is 11.0 Å². The fraction of sp³-hybridized carbons (Fsp3) is 0.385. The highest BCUT2D eigenvalue weighted by Gasteiger charge is 2.33. The summed E-state index contributed by atoms with van der Waals surface area (Å²) in [6.07, 6.45) is 1.66. The van der Waals surface area contributed by atoms with Gasteiger partial charge in [0.05, 0.1) is 18.1 Å². The summed E-state index contributed by atoms with van der Waals surface area (Å²) >= 11 is 0. The summed E-state index contributed by atoms with van der Waals surface area (Å²) in [4.78, 5) is 21.0. The van der Waals surface area contributed by atoms with E-state index in [1.54, 1.807) is 6.07 Å². The molecule has 1 unspecified atom stereocenters. The third-order valence-electron chi connectivity index (χ3n) is 3.43. The molecule has 1 fully saturated rings. The second-order valence-corrected chi connectivity index (χ2v) is 4.60. The third kappa shape index (κ3) is 2.03. The van der Waals surface area contributed by atoms with E-state index >= 15 is 0 Å². The van der Waals surface area contributed by atoms with Crippen molar-refractivity contribution in [3.8, 4) is 0 Å². The molecule has 1 saturated heterocycles. The summed E-state index contributed by atoms with van der Waals surface area (Å²) in [5.74, 6) is 0.0197. The molecule has 0 radical (unpaired) electrons. The van der Waals surface area contributed by atoms with Gasteiger partial charge in [-0.05, 0) is 31.0 Å². The molecule has 0 spiro atoms. The highest BCUT2D eigenvalue weighted by molar-refractivity contribution is 5.82. The van der Waals surface area contributed by atoms with Crippen molar-refractivity contribution in [1.29, 1.82) is 0 Å². The van der Waals surface area contributed by atoms with E-state index in [1.165, 1.54) is 19.2 Å². The molecule has 1 aliphatic rings. The lowest BCUT2D eigenvalue weighted by Crippen LogP contribution is -2.37. The number of nitrogens with one attached hydrogen (secondary N) is 1. The SMILES string of the molecule is COC(=O)C1CCCN1c1nc2ccc(F)cc2[nH]1. The molecule has 100 valence electrons. The molecule has 0 bridgehead atoms. The second kappa shape index (κ2) is 4.53. The van der Waals surface area contributed by atoms with E-state index in [0.717, 1.165) is 19.4 Å². The predicted octanol–water partition coefficient (Wildman–Crippen LogP) is 1.84. The summed E-state index contributed by atoms with van der Waals surface area (Å²) in [5, 5.41) is 0. The van der Waals surface area contributed by atoms with Gasteiger partial charge in [0.15, 0.2) is 0 Å². The van der Waals surface area contributed by atoms with Gasteiger partial charge in [0.1, 0.15) is 11.9 Å². The average molecular weight is 263 g/mol. The molecule has 1 aromatic heterocycles. The van der Waals surface area contributed by atoms with Gasteiger partial charge >= 0.3 is 5.97 Å². The van der Waals surface area contributed by atoms with Gasteiger partial charge in [-0.1, -0.05) is 0 Å². The number of fused-ring (bicyclic) bond motifs is 1. The molecule has 2 heterocycles. The highest BCUT2D eigenvalue weighted by atomic mass is 19.1. The van der Waals surface area contributed by atoms with E-state index < -0.39 is 0 Å². The van der Waals surface area contributed by atoms with E-state index in [1.807, 2.05) is 4.90 Å². The number of ether oxygens (including phenoxy) is 1. The molecule has 5 nitrogen and oxygen atoms in total. The van der Waals surface area contributed by atoms with Gasteiger partial charge in [0.2, 0.25) is 5.95 Å². The number of H-pyrrole nitrogens is 1. The Labute approximate surface area is 109 Å². The number of rotatable bonds is 2. The standard InChI is InChI=1S/C13H14FN3O2/c1-19-12(18)11-3-2-6-17(11)13-15-9-5-4-8(14)7-10(9)16-13/h4-5,7,11H,2-3,6H2,1H3,(H,15,16). The molecule has 0 saturated carbocycles. The molecule has 1 atom stereocenters. The summed E-state index contributed by atoms with van der Waals surface area (Å²) in [6.45, 7) is 0.738. The number of aromatic amines is 1. The van der Waals surface area contributed by atoms with Crippen LogP contribution in [0.4, 0.5) is 10.3 Å². The number of hydrogen-bond acceptors (Lipinski definition) is 4. The fourth-order valence-electron chi connectivity index (χ4n) is 2.51. The fourth-order valence-corrected chi connectivity index (χ4v) is 2.51. The van der Waals surface area contributed by atoms with Crippen LogP contribution < -0.4 is 4.90 Å². The summed E-state index contributed by atoms with van der Waals surface area (Å²) in [6, 6.07) is 4.08. The molecule has 0 aliphatic carbocycles. The molecule has 1 aliphatic heterocycles. The minimum Gasteiger partial charge on any atom is -0.467 e. The lowest BCUT2D eigenvalue weighted by atomic mass is 10.2. The first-order valence-corrected chi connectivity index (χ1v) is 6.19. The van der Waals surface area contributed by atoms with Crippen LogP contribution >= 0.6 is 0 Å². The smallest absolute Gasteiger partial charge is 0.328 e. The van der Waals surface area contributed by atoms with Gasteiger partial charge in [-0.15, -0.1) is 0 Å². The maximum absolute atomic E-state index is 13.1. The van der Waals surface area contributed by atoms with Gasteiger partial charge in [-0.2, -0.15) is 0 Å². The quantitative estimate of drug-likeness (QED) is 0.840. The monoisotopic (exact) mass is 263 g/mol. The Morgan fingerprint density at radius 3 is 3.21 bits per heavy atom. The maximum Gasteiger partial charge on any atom is 0.328 e. The van der Waals surface area contributed by atoms with Crippen LogP contribution in [0.2, 0.25) is 0 Å². The summed E-state index contributed by atoms with van der Waals surface area (Å²) < 4.78 is 17.9. The topological polar surface area (TPSA) is 58.2 Å². The molecule has 1 N–H and O–H groups in total. The summed E-state index contributed by atoms with van der Waals surface area (Å²) in [7, 11) is 1.38. The zero-order chi connectivity index (χ0) is 13.4. The van der Waals surface area contributed by atoms with Crippen molar-refractivity contribution in [3.63, 3.8) is 0 Å². The van der Waals surface area contributed by atoms with E-state index in [0.29, 0.717) is 17.0 Å². The molecule has 2 aromatic rings. The number of hydrogen-bond donors (Lipinski definition) is 1. The first-order chi connectivity index (χ1) is 9.19. The Morgan fingerprint density at radius 2 is 2.42 bits per heavy atom. The Morgan fingerprint density at radius 1 is 1.58 bits per heavy atom. The van der Waals surface area contributed by atoms with Crippen LogP contribution in [0.3, 0.4) is 0 Å². The zero-order valence-electron chi connectivity index (χ0n) is 10.5. The van der Waals surface area contributed by atoms with Crippen molar-refractivity contribution in [3.05, 3.63) is 24.0 Å². The third-order valence-corrected chi connectivity index (χ3v) is 3.43. The van der Waals surface area contributed by atoms with Crippen molar-refractivity contribution >= 4 is 23.0 Å². The first kappa shape index (κ1) is 12.0. The average Bonchev–Trinajstić information content (AvgIpc) is 3.02. The van der Waals surface area contributed by atoms with Crippen molar-refractivity contribution in [1.82, 2.24) is 9.97 Å². The van der Waals surface area contributed by atoms with E-state index in [9.17, 15) is 9.18 Å². The number of carbonyl (C=O) groups excluding carboxylic acids is 1. The lowest BCUT2D eigenvalue weighted by Gasteiger charge is -2.21. The minimum absolute atomic E-state index is 0.260. The number of halogens is 1. The molecule has 6 heteroatoms. The van der Waals surface area contributed by atoms with Gasteiger partial charge in [0.25, 0.3) is 0 Å². The van der Waals surface area contributed by atoms with Gasteiger partial charge in [0, 0.05) is 6.54 Å². The number of esters is 1. The molecular weight excluding hydrogens is 249 g/mol. The van der Waals surface area contributed by atoms with Gasteiger partial charge in [-0.3, -0.25) is 0 Å². The van der Waals surface area contributed by atoms with Crippen LogP contribution in [-0.4, -0.2) is 35.6 Å². The maximum atomic E-state index is 13.1. The zero-order valence-corrected chi connectivity index (χ0v) is 10.5. The van der Waals surface area contributed by atoms with Crippen molar-refractivity contribution in [2.75, 3.05) is 18.6 Å². The van der Waals surface area contributed by atoms with Gasteiger partial charge in [-0.25, -0.2) is 14.2 Å². The highest BCUT2D eigenvalue weighted by Crippen LogP contribution is 2.26. The largest absolute Gasteiger partial charge is 0.467 e.